The van der Waals surface area contributed by atoms with E-state index in [1.54, 1.807) is 0 Å². The van der Waals surface area contributed by atoms with Crippen LogP contribution in [0.3, 0.4) is 0 Å². The second-order valence-electron chi connectivity index (χ2n) is 21.4. The number of esters is 4. The molecule has 0 fully saturated rings. The van der Waals surface area contributed by atoms with Crippen molar-refractivity contribution < 1.29 is 80.2 Å². The molecule has 0 saturated heterocycles. The molecule has 0 aliphatic rings. The lowest BCUT2D eigenvalue weighted by Crippen LogP contribution is -2.30. The molecule has 0 aromatic carbocycles. The molecular formula is C59H114O17P2. The fourth-order valence-electron chi connectivity index (χ4n) is 8.75. The summed E-state index contributed by atoms with van der Waals surface area (Å²) >= 11 is 0. The normalized spacial score (nSPS) is 14.3. The van der Waals surface area contributed by atoms with Gasteiger partial charge in [0.15, 0.2) is 12.2 Å². The Hall–Kier alpha value is -1.94. The fraction of sp³-hybridized carbons (Fsp3) is 0.932. The minimum atomic E-state index is -4.93. The first-order chi connectivity index (χ1) is 37.7. The van der Waals surface area contributed by atoms with Crippen molar-refractivity contribution in [1.29, 1.82) is 0 Å². The summed E-state index contributed by atoms with van der Waals surface area (Å²) in [5.41, 5.74) is 0. The topological polar surface area (TPSA) is 237 Å². The summed E-state index contributed by atoms with van der Waals surface area (Å²) < 4.78 is 67.5. The lowest BCUT2D eigenvalue weighted by molar-refractivity contribution is -0.161. The van der Waals surface area contributed by atoms with Crippen molar-refractivity contribution in [2.75, 3.05) is 39.6 Å². The Labute approximate surface area is 473 Å². The molecule has 3 N–H and O–H groups in total. The van der Waals surface area contributed by atoms with Crippen molar-refractivity contribution in [1.82, 2.24) is 0 Å². The third-order valence-electron chi connectivity index (χ3n) is 13.6. The molecule has 0 aromatic rings. The maximum atomic E-state index is 12.9. The zero-order chi connectivity index (χ0) is 57.6. The second-order valence-corrected chi connectivity index (χ2v) is 24.3. The summed E-state index contributed by atoms with van der Waals surface area (Å²) in [5.74, 6) is -2.15. The van der Waals surface area contributed by atoms with Gasteiger partial charge in [-0.15, -0.1) is 0 Å². The van der Waals surface area contributed by atoms with Crippen LogP contribution in [0.25, 0.3) is 0 Å². The smallest absolute Gasteiger partial charge is 0.462 e. The fourth-order valence-corrected chi connectivity index (χ4v) is 10.3. The number of hydrogen-bond donors (Lipinski definition) is 3. The van der Waals surface area contributed by atoms with Crippen LogP contribution >= 0.6 is 15.6 Å². The summed E-state index contributed by atoms with van der Waals surface area (Å²) in [6.45, 7) is 4.75. The third kappa shape index (κ3) is 53.4. The number of carbonyl (C=O) groups excluding carboxylic acids is 4. The van der Waals surface area contributed by atoms with Gasteiger partial charge in [0.05, 0.1) is 26.4 Å². The zero-order valence-electron chi connectivity index (χ0n) is 49.6. The van der Waals surface area contributed by atoms with Gasteiger partial charge in [0.2, 0.25) is 0 Å². The molecule has 0 spiro atoms. The van der Waals surface area contributed by atoms with Crippen LogP contribution in [0.2, 0.25) is 0 Å². The van der Waals surface area contributed by atoms with Crippen molar-refractivity contribution in [2.24, 2.45) is 0 Å². The molecule has 0 amide bonds. The first-order valence-electron chi connectivity index (χ1n) is 31.3. The predicted octanol–water partition coefficient (Wildman–Crippen LogP) is 16.0. The number of aliphatic hydroxyl groups is 1. The monoisotopic (exact) mass is 1160 g/mol. The second kappa shape index (κ2) is 54.3. The highest BCUT2D eigenvalue weighted by Gasteiger charge is 2.30. The van der Waals surface area contributed by atoms with Gasteiger partial charge in [-0.25, -0.2) is 9.13 Å². The number of phosphoric acid groups is 2. The summed E-state index contributed by atoms with van der Waals surface area (Å²) in [6, 6.07) is 0. The number of hydrogen-bond acceptors (Lipinski definition) is 15. The van der Waals surface area contributed by atoms with E-state index < -0.39 is 97.5 Å². The molecule has 2 unspecified atom stereocenters. The van der Waals surface area contributed by atoms with Crippen molar-refractivity contribution in [3.05, 3.63) is 0 Å². The van der Waals surface area contributed by atoms with Gasteiger partial charge < -0.3 is 33.8 Å². The van der Waals surface area contributed by atoms with Crippen LogP contribution < -0.4 is 0 Å². The van der Waals surface area contributed by atoms with Gasteiger partial charge in [-0.1, -0.05) is 246 Å². The van der Waals surface area contributed by atoms with Gasteiger partial charge >= 0.3 is 39.5 Å². The Bertz CT molecular complexity index is 1520. The first kappa shape index (κ1) is 76.1. The molecule has 19 heteroatoms. The minimum absolute atomic E-state index is 0.104. The Morgan fingerprint density at radius 1 is 0.308 bits per heavy atom. The van der Waals surface area contributed by atoms with Gasteiger partial charge in [0, 0.05) is 25.7 Å². The number of carbonyl (C=O) groups is 4. The lowest BCUT2D eigenvalue weighted by atomic mass is 10.0. The summed E-state index contributed by atoms with van der Waals surface area (Å²) in [6.07, 6.45) is 37.9. The highest BCUT2D eigenvalue weighted by molar-refractivity contribution is 7.47. The molecule has 5 atom stereocenters. The highest BCUT2D eigenvalue weighted by Crippen LogP contribution is 2.45. The van der Waals surface area contributed by atoms with Crippen LogP contribution in [0.1, 0.15) is 297 Å². The van der Waals surface area contributed by atoms with Crippen molar-refractivity contribution >= 4 is 39.5 Å². The quantitative estimate of drug-likeness (QED) is 0.0222. The van der Waals surface area contributed by atoms with Crippen molar-refractivity contribution in [3.63, 3.8) is 0 Å². The van der Waals surface area contributed by atoms with Gasteiger partial charge in [0.25, 0.3) is 0 Å². The molecule has 0 aromatic heterocycles. The number of rotatable bonds is 60. The highest BCUT2D eigenvalue weighted by atomic mass is 31.2. The molecule has 0 saturated carbocycles. The van der Waals surface area contributed by atoms with E-state index in [2.05, 4.69) is 27.7 Å². The maximum Gasteiger partial charge on any atom is 0.472 e. The van der Waals surface area contributed by atoms with Gasteiger partial charge in [-0.05, 0) is 25.7 Å². The minimum Gasteiger partial charge on any atom is -0.462 e. The number of ether oxygens (including phenoxy) is 4. The molecule has 0 heterocycles. The van der Waals surface area contributed by atoms with E-state index in [9.17, 15) is 43.2 Å². The van der Waals surface area contributed by atoms with Crippen LogP contribution in [-0.4, -0.2) is 96.7 Å². The van der Waals surface area contributed by atoms with Gasteiger partial charge in [-0.2, -0.15) is 0 Å². The SMILES string of the molecule is CCCCCCCCCCCCCCCCCCC(=O)O[C@H](COC(=O)CCCCCCCCCC)COP(=O)(O)OC[C@@H](O)COP(=O)(O)OC[C@@H](COC(=O)CCCCCCCCC)OC(=O)CCCCCCCCC. The molecule has 0 bridgehead atoms. The van der Waals surface area contributed by atoms with E-state index in [0.717, 1.165) is 122 Å². The average Bonchev–Trinajstić information content (AvgIpc) is 3.41. The molecule has 0 aliphatic carbocycles. The first-order valence-corrected chi connectivity index (χ1v) is 34.3. The summed E-state index contributed by atoms with van der Waals surface area (Å²) in [7, 11) is -9.86. The maximum absolute atomic E-state index is 12.9. The van der Waals surface area contributed by atoms with Crippen LogP contribution in [-0.2, 0) is 65.4 Å². The van der Waals surface area contributed by atoms with Crippen LogP contribution in [0.4, 0.5) is 0 Å². The van der Waals surface area contributed by atoms with E-state index in [0.29, 0.717) is 25.7 Å². The van der Waals surface area contributed by atoms with Crippen LogP contribution in [0.15, 0.2) is 0 Å². The van der Waals surface area contributed by atoms with E-state index in [1.165, 1.54) is 96.3 Å². The molecule has 462 valence electrons. The van der Waals surface area contributed by atoms with Gasteiger partial charge in [-0.3, -0.25) is 37.3 Å². The largest absolute Gasteiger partial charge is 0.472 e. The van der Waals surface area contributed by atoms with E-state index in [4.69, 9.17) is 37.0 Å². The average molecular weight is 1160 g/mol. The summed E-state index contributed by atoms with van der Waals surface area (Å²) in [4.78, 5) is 71.6. The van der Waals surface area contributed by atoms with E-state index in [-0.39, 0.29) is 25.7 Å². The molecule has 0 aliphatic heterocycles. The molecular weight excluding hydrogens is 1040 g/mol. The lowest BCUT2D eigenvalue weighted by Gasteiger charge is -2.21. The molecule has 17 nitrogen and oxygen atoms in total. The Morgan fingerprint density at radius 2 is 0.513 bits per heavy atom. The number of unbranched alkanes of at least 4 members (excludes halogenated alkanes) is 34. The molecule has 0 rings (SSSR count). The van der Waals surface area contributed by atoms with Crippen molar-refractivity contribution in [3.8, 4) is 0 Å². The number of phosphoric ester groups is 2. The summed E-state index contributed by atoms with van der Waals surface area (Å²) in [5, 5.41) is 10.5. The third-order valence-corrected chi connectivity index (χ3v) is 15.5. The van der Waals surface area contributed by atoms with E-state index >= 15 is 0 Å². The van der Waals surface area contributed by atoms with E-state index in [1.807, 2.05) is 0 Å². The molecule has 0 radical (unpaired) electrons. The Balaban J connectivity index is 5.13. The number of aliphatic hydroxyl groups excluding tert-OH is 1. The Morgan fingerprint density at radius 3 is 0.756 bits per heavy atom. The predicted molar refractivity (Wildman–Crippen MR) is 308 cm³/mol. The van der Waals surface area contributed by atoms with Crippen molar-refractivity contribution in [2.45, 2.75) is 316 Å². The zero-order valence-corrected chi connectivity index (χ0v) is 51.4. The van der Waals surface area contributed by atoms with Crippen LogP contribution in [0, 0.1) is 0 Å². The van der Waals surface area contributed by atoms with Crippen LogP contribution in [0.5, 0.6) is 0 Å². The standard InChI is InChI=1S/C59H114O17P2/c1-5-9-13-17-21-23-24-25-26-27-28-29-30-34-38-42-46-59(64)76-55(50-70-57(62)44-40-36-33-22-18-14-10-6-2)52-74-78(67,68)72-48-53(60)47-71-77(65,66)73-51-54(75-58(63)45-41-37-32-20-16-12-8-4)49-69-56(61)43-39-35-31-19-15-11-7-3/h53-55,60H,5-52H2,1-4H3,(H,65,66)(H,67,68)/t53-,54+,55+/m0/s1. The molecule has 78 heavy (non-hydrogen) atoms. The van der Waals surface area contributed by atoms with Gasteiger partial charge in [0.1, 0.15) is 19.3 Å². The Kier molecular flexibility index (Phi) is 53.0.